The van der Waals surface area contributed by atoms with Crippen LogP contribution >= 0.6 is 0 Å². The summed E-state index contributed by atoms with van der Waals surface area (Å²) in [4.78, 5) is 27.7. The van der Waals surface area contributed by atoms with Crippen molar-refractivity contribution >= 4 is 17.6 Å². The lowest BCUT2D eigenvalue weighted by Crippen LogP contribution is -2.34. The zero-order valence-corrected chi connectivity index (χ0v) is 12.4. The Morgan fingerprint density at radius 1 is 1.22 bits per heavy atom. The Bertz CT molecular complexity index is 676. The van der Waals surface area contributed by atoms with Crippen molar-refractivity contribution in [3.63, 3.8) is 0 Å². The van der Waals surface area contributed by atoms with Gasteiger partial charge >= 0.3 is 5.97 Å². The van der Waals surface area contributed by atoms with E-state index in [4.69, 9.17) is 0 Å². The van der Waals surface area contributed by atoms with Gasteiger partial charge in [-0.05, 0) is 43.0 Å². The fraction of sp³-hybridized carbons (Fsp3) is 0.375. The van der Waals surface area contributed by atoms with Gasteiger partial charge in [-0.1, -0.05) is 18.0 Å². The molecule has 1 heterocycles. The summed E-state index contributed by atoms with van der Waals surface area (Å²) in [5.74, 6) is -2.13. The van der Waals surface area contributed by atoms with Gasteiger partial charge in [-0.15, -0.1) is 0 Å². The molecule has 2 aromatic rings. The minimum atomic E-state index is -1.06. The van der Waals surface area contributed by atoms with Crippen molar-refractivity contribution in [1.29, 1.82) is 0 Å². The van der Waals surface area contributed by atoms with Crippen molar-refractivity contribution < 1.29 is 19.2 Å². The molecule has 1 aromatic heterocycles. The number of hydrogen-bond acceptors (Lipinski definition) is 5. The first-order valence-electron chi connectivity index (χ1n) is 7.55. The molecule has 1 saturated carbocycles. The molecule has 23 heavy (non-hydrogen) atoms. The SMILES string of the molecule is O=C(O)C(C(=O)Nc1ccc(-c2ncon2)cc1)C1CCCC1. The molecule has 0 radical (unpaired) electrons. The number of benzene rings is 1. The van der Waals surface area contributed by atoms with Gasteiger partial charge in [0.05, 0.1) is 0 Å². The summed E-state index contributed by atoms with van der Waals surface area (Å²) < 4.78 is 4.68. The van der Waals surface area contributed by atoms with Crippen LogP contribution in [-0.4, -0.2) is 27.1 Å². The van der Waals surface area contributed by atoms with Crippen molar-refractivity contribution in [2.24, 2.45) is 11.8 Å². The van der Waals surface area contributed by atoms with Crippen LogP contribution < -0.4 is 5.32 Å². The second-order valence-corrected chi connectivity index (χ2v) is 5.68. The van der Waals surface area contributed by atoms with Crippen LogP contribution in [0.3, 0.4) is 0 Å². The van der Waals surface area contributed by atoms with Crippen molar-refractivity contribution in [2.45, 2.75) is 25.7 Å². The number of nitrogens with zero attached hydrogens (tertiary/aromatic N) is 2. The molecule has 1 amide bonds. The van der Waals surface area contributed by atoms with Crippen molar-refractivity contribution in [1.82, 2.24) is 10.1 Å². The highest BCUT2D eigenvalue weighted by molar-refractivity contribution is 6.04. The number of anilines is 1. The van der Waals surface area contributed by atoms with Gasteiger partial charge in [0.15, 0.2) is 0 Å². The Hall–Kier alpha value is -2.70. The van der Waals surface area contributed by atoms with Gasteiger partial charge in [-0.3, -0.25) is 9.59 Å². The second kappa shape index (κ2) is 6.60. The third-order valence-electron chi connectivity index (χ3n) is 4.19. The molecule has 0 spiro atoms. The summed E-state index contributed by atoms with van der Waals surface area (Å²) in [6.07, 6.45) is 4.80. The minimum Gasteiger partial charge on any atom is -0.481 e. The van der Waals surface area contributed by atoms with E-state index >= 15 is 0 Å². The molecule has 0 aliphatic heterocycles. The van der Waals surface area contributed by atoms with Gasteiger partial charge in [0, 0.05) is 11.3 Å². The summed E-state index contributed by atoms with van der Waals surface area (Å²) in [5, 5.41) is 15.8. The molecule has 1 unspecified atom stereocenters. The van der Waals surface area contributed by atoms with Crippen LogP contribution in [0, 0.1) is 11.8 Å². The Kier molecular flexibility index (Phi) is 4.36. The number of rotatable bonds is 5. The van der Waals surface area contributed by atoms with Crippen molar-refractivity contribution in [3.8, 4) is 11.4 Å². The summed E-state index contributed by atoms with van der Waals surface area (Å²) in [6, 6.07) is 6.87. The number of aromatic nitrogens is 2. The highest BCUT2D eigenvalue weighted by atomic mass is 16.5. The number of nitrogens with one attached hydrogen (secondary N) is 1. The van der Waals surface area contributed by atoms with E-state index in [1.807, 2.05) is 0 Å². The van der Waals surface area contributed by atoms with E-state index in [2.05, 4.69) is 20.0 Å². The summed E-state index contributed by atoms with van der Waals surface area (Å²) in [5.41, 5.74) is 1.30. The van der Waals surface area contributed by atoms with Gasteiger partial charge in [-0.25, -0.2) is 0 Å². The first-order chi connectivity index (χ1) is 11.1. The van der Waals surface area contributed by atoms with Crippen LogP contribution in [0.25, 0.3) is 11.4 Å². The fourth-order valence-electron chi connectivity index (χ4n) is 3.04. The van der Waals surface area contributed by atoms with E-state index in [-0.39, 0.29) is 5.92 Å². The number of carbonyl (C=O) groups excluding carboxylic acids is 1. The third kappa shape index (κ3) is 3.39. The lowest BCUT2D eigenvalue weighted by atomic mass is 9.90. The molecule has 3 rings (SSSR count). The zero-order chi connectivity index (χ0) is 16.2. The number of amides is 1. The number of carbonyl (C=O) groups is 2. The maximum absolute atomic E-state index is 12.3. The standard InChI is InChI=1S/C16H17N3O4/c20-15(13(16(21)22)10-3-1-2-4-10)18-12-7-5-11(6-8-12)14-17-9-23-19-14/h5-10,13H,1-4H2,(H,18,20)(H,21,22). The molecule has 1 aliphatic carbocycles. The van der Waals surface area contributed by atoms with Gasteiger partial charge in [-0.2, -0.15) is 4.98 Å². The molecule has 0 saturated heterocycles. The quantitative estimate of drug-likeness (QED) is 0.821. The van der Waals surface area contributed by atoms with Crippen LogP contribution in [0.15, 0.2) is 35.2 Å². The molecule has 7 nitrogen and oxygen atoms in total. The Labute approximate surface area is 132 Å². The number of hydrogen-bond donors (Lipinski definition) is 2. The third-order valence-corrected chi connectivity index (χ3v) is 4.19. The van der Waals surface area contributed by atoms with Crippen LogP contribution in [0.2, 0.25) is 0 Å². The van der Waals surface area contributed by atoms with E-state index < -0.39 is 17.8 Å². The smallest absolute Gasteiger partial charge is 0.316 e. The van der Waals surface area contributed by atoms with Gasteiger partial charge in [0.1, 0.15) is 5.92 Å². The molecular formula is C16H17N3O4. The number of carboxylic acid groups (broad SMARTS) is 1. The van der Waals surface area contributed by atoms with E-state index in [9.17, 15) is 14.7 Å². The molecule has 1 aromatic carbocycles. The van der Waals surface area contributed by atoms with E-state index in [0.29, 0.717) is 11.5 Å². The Morgan fingerprint density at radius 2 is 1.91 bits per heavy atom. The van der Waals surface area contributed by atoms with Gasteiger partial charge in [0.2, 0.25) is 18.1 Å². The second-order valence-electron chi connectivity index (χ2n) is 5.68. The maximum Gasteiger partial charge on any atom is 0.316 e. The van der Waals surface area contributed by atoms with E-state index in [1.54, 1.807) is 24.3 Å². The molecular weight excluding hydrogens is 298 g/mol. The molecule has 1 fully saturated rings. The first kappa shape index (κ1) is 15.2. The van der Waals surface area contributed by atoms with E-state index in [1.165, 1.54) is 6.39 Å². The lowest BCUT2D eigenvalue weighted by Gasteiger charge is -2.18. The molecule has 1 aliphatic rings. The summed E-state index contributed by atoms with van der Waals surface area (Å²) >= 11 is 0. The zero-order valence-electron chi connectivity index (χ0n) is 12.4. The van der Waals surface area contributed by atoms with Crippen LogP contribution in [-0.2, 0) is 9.59 Å². The normalized spacial score (nSPS) is 16.2. The predicted molar refractivity (Wildman–Crippen MR) is 81.4 cm³/mol. The molecule has 1 atom stereocenters. The largest absolute Gasteiger partial charge is 0.481 e. The van der Waals surface area contributed by atoms with Gasteiger partial charge in [0.25, 0.3) is 0 Å². The van der Waals surface area contributed by atoms with Crippen molar-refractivity contribution in [2.75, 3.05) is 5.32 Å². The minimum absolute atomic E-state index is 0.0777. The highest BCUT2D eigenvalue weighted by Crippen LogP contribution is 2.32. The van der Waals surface area contributed by atoms with Gasteiger partial charge < -0.3 is 14.9 Å². The average Bonchev–Trinajstić information content (AvgIpc) is 3.21. The topological polar surface area (TPSA) is 105 Å². The lowest BCUT2D eigenvalue weighted by molar-refractivity contribution is -0.147. The Morgan fingerprint density at radius 3 is 2.48 bits per heavy atom. The molecule has 7 heteroatoms. The number of aliphatic carboxylic acids is 1. The number of carboxylic acids is 1. The van der Waals surface area contributed by atoms with Crippen molar-refractivity contribution in [3.05, 3.63) is 30.7 Å². The monoisotopic (exact) mass is 315 g/mol. The Balaban J connectivity index is 1.70. The average molecular weight is 315 g/mol. The molecule has 2 N–H and O–H groups in total. The van der Waals surface area contributed by atoms with Crippen LogP contribution in [0.1, 0.15) is 25.7 Å². The maximum atomic E-state index is 12.3. The first-order valence-corrected chi connectivity index (χ1v) is 7.55. The molecule has 120 valence electrons. The predicted octanol–water partition coefficient (Wildman–Crippen LogP) is 2.57. The van der Waals surface area contributed by atoms with Crippen LogP contribution in [0.4, 0.5) is 5.69 Å². The highest BCUT2D eigenvalue weighted by Gasteiger charge is 2.36. The summed E-state index contributed by atoms with van der Waals surface area (Å²) in [7, 11) is 0. The summed E-state index contributed by atoms with van der Waals surface area (Å²) in [6.45, 7) is 0. The molecule has 0 bridgehead atoms. The van der Waals surface area contributed by atoms with Crippen LogP contribution in [0.5, 0.6) is 0 Å². The van der Waals surface area contributed by atoms with E-state index in [0.717, 1.165) is 31.2 Å². The fourth-order valence-corrected chi connectivity index (χ4v) is 3.04.